The first-order valence-corrected chi connectivity index (χ1v) is 10.6. The van der Waals surface area contributed by atoms with E-state index in [9.17, 15) is 9.59 Å². The molecule has 0 unspecified atom stereocenters. The van der Waals surface area contributed by atoms with E-state index in [1.54, 1.807) is 59.2 Å². The van der Waals surface area contributed by atoms with Crippen LogP contribution >= 0.6 is 11.6 Å². The van der Waals surface area contributed by atoms with Crippen LogP contribution in [0.15, 0.2) is 42.7 Å². The van der Waals surface area contributed by atoms with Gasteiger partial charge in [-0.15, -0.1) is 0 Å². The van der Waals surface area contributed by atoms with Gasteiger partial charge in [-0.1, -0.05) is 11.6 Å². The number of hydrogen-bond donors (Lipinski definition) is 1. The lowest BCUT2D eigenvalue weighted by Gasteiger charge is -2.15. The number of aromatic nitrogens is 4. The number of anilines is 1. The first-order chi connectivity index (χ1) is 14.9. The molecule has 0 saturated carbocycles. The van der Waals surface area contributed by atoms with Crippen LogP contribution in [-0.2, 0) is 6.54 Å². The minimum Gasteiger partial charge on any atom is -0.336 e. The van der Waals surface area contributed by atoms with Crippen molar-refractivity contribution in [2.45, 2.75) is 32.7 Å². The number of amides is 2. The van der Waals surface area contributed by atoms with Crippen molar-refractivity contribution in [3.05, 3.63) is 70.5 Å². The number of nitrogens with zero attached hydrogens (tertiary/aromatic N) is 5. The van der Waals surface area contributed by atoms with Gasteiger partial charge in [0.25, 0.3) is 11.8 Å². The van der Waals surface area contributed by atoms with Gasteiger partial charge in [-0.25, -0.2) is 9.97 Å². The molecule has 2 aromatic heterocycles. The zero-order valence-electron chi connectivity index (χ0n) is 17.4. The molecule has 1 saturated heterocycles. The van der Waals surface area contributed by atoms with Crippen molar-refractivity contribution in [2.75, 3.05) is 18.4 Å². The third kappa shape index (κ3) is 4.59. The van der Waals surface area contributed by atoms with Crippen LogP contribution in [0.3, 0.4) is 0 Å². The van der Waals surface area contributed by atoms with Gasteiger partial charge in [0, 0.05) is 48.7 Å². The number of hydrogen-bond acceptors (Lipinski definition) is 5. The lowest BCUT2D eigenvalue weighted by atomic mass is 10.1. The summed E-state index contributed by atoms with van der Waals surface area (Å²) in [6.07, 6.45) is 4.13. The van der Waals surface area contributed by atoms with Crippen molar-refractivity contribution in [1.82, 2.24) is 24.6 Å². The second-order valence-electron chi connectivity index (χ2n) is 7.48. The van der Waals surface area contributed by atoms with Crippen LogP contribution in [0.1, 0.15) is 51.6 Å². The summed E-state index contributed by atoms with van der Waals surface area (Å²) in [7, 11) is 0. The number of benzene rings is 1. The molecule has 0 bridgehead atoms. The van der Waals surface area contributed by atoms with Gasteiger partial charge in [0.15, 0.2) is 0 Å². The fourth-order valence-corrected chi connectivity index (χ4v) is 3.73. The Kier molecular flexibility index (Phi) is 5.99. The fourth-order valence-electron chi connectivity index (χ4n) is 3.61. The highest BCUT2D eigenvalue weighted by molar-refractivity contribution is 6.30. The molecule has 4 rings (SSSR count). The Labute approximate surface area is 185 Å². The van der Waals surface area contributed by atoms with E-state index in [-0.39, 0.29) is 17.7 Å². The second kappa shape index (κ2) is 8.85. The van der Waals surface area contributed by atoms with Gasteiger partial charge >= 0.3 is 0 Å². The topological polar surface area (TPSA) is 93.0 Å². The van der Waals surface area contributed by atoms with Crippen LogP contribution in [0.2, 0.25) is 5.02 Å². The SMILES string of the molecule is CCn1ccc(C(=O)N2CC[C@H](c3ncc(C(=O)Nc4ccc(Cl)cc4)c(C)n3)C2)n1. The molecule has 2 amide bonds. The van der Waals surface area contributed by atoms with Crippen molar-refractivity contribution in [3.8, 4) is 0 Å². The largest absolute Gasteiger partial charge is 0.336 e. The average molecular weight is 439 g/mol. The van der Waals surface area contributed by atoms with E-state index < -0.39 is 0 Å². The standard InChI is InChI=1S/C22H23ClN6O2/c1-3-29-11-9-19(27-29)22(31)28-10-8-15(13-28)20-24-12-18(14(2)25-20)21(30)26-17-6-4-16(23)5-7-17/h4-7,9,11-12,15H,3,8,10,13H2,1-2H3,(H,26,30)/t15-/m0/s1. The van der Waals surface area contributed by atoms with Crippen LogP contribution in [0.4, 0.5) is 5.69 Å². The minimum absolute atomic E-state index is 0.0317. The summed E-state index contributed by atoms with van der Waals surface area (Å²) in [6.45, 7) is 5.65. The van der Waals surface area contributed by atoms with Gasteiger partial charge in [-0.3, -0.25) is 14.3 Å². The van der Waals surface area contributed by atoms with E-state index in [2.05, 4.69) is 20.4 Å². The Bertz CT molecular complexity index is 1110. The lowest BCUT2D eigenvalue weighted by molar-refractivity contribution is 0.0783. The van der Waals surface area contributed by atoms with Crippen molar-refractivity contribution >= 4 is 29.1 Å². The molecule has 1 aliphatic heterocycles. The van der Waals surface area contributed by atoms with Gasteiger partial charge in [0.1, 0.15) is 11.5 Å². The minimum atomic E-state index is -0.277. The predicted molar refractivity (Wildman–Crippen MR) is 117 cm³/mol. The summed E-state index contributed by atoms with van der Waals surface area (Å²) in [6, 6.07) is 8.64. The Balaban J connectivity index is 1.42. The summed E-state index contributed by atoms with van der Waals surface area (Å²) in [4.78, 5) is 36.1. The molecule has 1 atom stereocenters. The highest BCUT2D eigenvalue weighted by Gasteiger charge is 2.31. The van der Waals surface area contributed by atoms with E-state index in [0.717, 1.165) is 13.0 Å². The second-order valence-corrected chi connectivity index (χ2v) is 7.92. The number of nitrogens with one attached hydrogen (secondary N) is 1. The van der Waals surface area contributed by atoms with Crippen molar-refractivity contribution < 1.29 is 9.59 Å². The molecule has 0 radical (unpaired) electrons. The summed E-state index contributed by atoms with van der Waals surface area (Å²) in [5.41, 5.74) is 2.11. The van der Waals surface area contributed by atoms with E-state index in [4.69, 9.17) is 11.6 Å². The zero-order chi connectivity index (χ0) is 22.0. The molecule has 3 aromatic rings. The first kappa shape index (κ1) is 21.0. The maximum absolute atomic E-state index is 12.7. The Morgan fingerprint density at radius 2 is 2.00 bits per heavy atom. The molecular formula is C22H23ClN6O2. The first-order valence-electron chi connectivity index (χ1n) is 10.2. The van der Waals surface area contributed by atoms with Crippen LogP contribution in [-0.4, -0.2) is 49.6 Å². The molecule has 31 heavy (non-hydrogen) atoms. The average Bonchev–Trinajstić information content (AvgIpc) is 3.45. The van der Waals surface area contributed by atoms with E-state index in [1.165, 1.54) is 0 Å². The van der Waals surface area contributed by atoms with Gasteiger partial charge < -0.3 is 10.2 Å². The van der Waals surface area contributed by atoms with Crippen LogP contribution < -0.4 is 5.32 Å². The molecule has 0 aliphatic carbocycles. The summed E-state index contributed by atoms with van der Waals surface area (Å²) in [5.74, 6) is 0.325. The molecule has 1 aliphatic rings. The number of carbonyl (C=O) groups is 2. The number of likely N-dealkylation sites (tertiary alicyclic amines) is 1. The van der Waals surface area contributed by atoms with Crippen LogP contribution in [0.5, 0.6) is 0 Å². The van der Waals surface area contributed by atoms with Gasteiger partial charge in [0.05, 0.1) is 11.3 Å². The molecule has 1 aromatic carbocycles. The molecule has 9 heteroatoms. The van der Waals surface area contributed by atoms with Gasteiger partial charge in [-0.05, 0) is 50.6 Å². The Morgan fingerprint density at radius 1 is 1.23 bits per heavy atom. The number of carbonyl (C=O) groups excluding carboxylic acids is 2. The Hall–Kier alpha value is -3.26. The summed E-state index contributed by atoms with van der Waals surface area (Å²) >= 11 is 5.88. The van der Waals surface area contributed by atoms with Gasteiger partial charge in [-0.2, -0.15) is 5.10 Å². The third-order valence-corrected chi connectivity index (χ3v) is 5.62. The smallest absolute Gasteiger partial charge is 0.274 e. The monoisotopic (exact) mass is 438 g/mol. The molecule has 1 fully saturated rings. The Morgan fingerprint density at radius 3 is 2.68 bits per heavy atom. The molecule has 160 valence electrons. The van der Waals surface area contributed by atoms with Crippen LogP contribution in [0.25, 0.3) is 0 Å². The van der Waals surface area contributed by atoms with E-state index in [0.29, 0.717) is 46.6 Å². The molecular weight excluding hydrogens is 416 g/mol. The maximum atomic E-state index is 12.7. The summed E-state index contributed by atoms with van der Waals surface area (Å²) in [5, 5.41) is 7.72. The van der Waals surface area contributed by atoms with Gasteiger partial charge in [0.2, 0.25) is 0 Å². The number of rotatable bonds is 5. The predicted octanol–water partition coefficient (Wildman–Crippen LogP) is 3.54. The van der Waals surface area contributed by atoms with Crippen molar-refractivity contribution in [1.29, 1.82) is 0 Å². The molecule has 3 heterocycles. The lowest BCUT2D eigenvalue weighted by Crippen LogP contribution is -2.29. The van der Waals surface area contributed by atoms with Crippen molar-refractivity contribution in [2.24, 2.45) is 0 Å². The fraction of sp³-hybridized carbons (Fsp3) is 0.318. The number of aryl methyl sites for hydroxylation is 2. The highest BCUT2D eigenvalue weighted by atomic mass is 35.5. The highest BCUT2D eigenvalue weighted by Crippen LogP contribution is 2.26. The van der Waals surface area contributed by atoms with Crippen LogP contribution in [0, 0.1) is 6.92 Å². The van der Waals surface area contributed by atoms with E-state index in [1.807, 2.05) is 6.92 Å². The summed E-state index contributed by atoms with van der Waals surface area (Å²) < 4.78 is 1.74. The maximum Gasteiger partial charge on any atom is 0.274 e. The van der Waals surface area contributed by atoms with E-state index >= 15 is 0 Å². The number of halogens is 1. The molecule has 0 spiro atoms. The molecule has 8 nitrogen and oxygen atoms in total. The van der Waals surface area contributed by atoms with Crippen molar-refractivity contribution in [3.63, 3.8) is 0 Å². The molecule has 1 N–H and O–H groups in total. The zero-order valence-corrected chi connectivity index (χ0v) is 18.1. The normalized spacial score (nSPS) is 15.8. The third-order valence-electron chi connectivity index (χ3n) is 5.37. The quantitative estimate of drug-likeness (QED) is 0.657.